The second kappa shape index (κ2) is 5.65. The Kier molecular flexibility index (Phi) is 3.46. The van der Waals surface area contributed by atoms with Gasteiger partial charge in [-0.3, -0.25) is 15.1 Å². The van der Waals surface area contributed by atoms with Crippen molar-refractivity contribution in [3.05, 3.63) is 59.4 Å². The Hall–Kier alpha value is -2.86. The lowest BCUT2D eigenvalue weighted by Crippen LogP contribution is -2.13. The van der Waals surface area contributed by atoms with Crippen LogP contribution < -0.4 is 5.32 Å². The fourth-order valence-corrected chi connectivity index (χ4v) is 3.55. The lowest BCUT2D eigenvalue weighted by atomic mass is 10.1. The van der Waals surface area contributed by atoms with Crippen molar-refractivity contribution in [2.75, 3.05) is 5.32 Å². The quantitative estimate of drug-likeness (QED) is 0.599. The standard InChI is InChI=1S/C18H14N4OS/c1-10-7-8-11(2)16-15(10)21-18(24-16)22-17(23)14-9-19-12-5-3-4-6-13(12)20-14/h3-9H,1-2H3,(H,21,22,23). The molecule has 0 aliphatic carbocycles. The molecular formula is C18H14N4OS. The number of carbonyl (C=O) groups is 1. The van der Waals surface area contributed by atoms with E-state index >= 15 is 0 Å². The van der Waals surface area contributed by atoms with Gasteiger partial charge in [0.1, 0.15) is 5.69 Å². The summed E-state index contributed by atoms with van der Waals surface area (Å²) in [7, 11) is 0. The smallest absolute Gasteiger partial charge is 0.277 e. The number of benzene rings is 2. The van der Waals surface area contributed by atoms with Gasteiger partial charge in [-0.2, -0.15) is 0 Å². The number of amides is 1. The van der Waals surface area contributed by atoms with E-state index in [0.717, 1.165) is 26.9 Å². The normalized spacial score (nSPS) is 11.1. The van der Waals surface area contributed by atoms with Crippen molar-refractivity contribution < 1.29 is 4.79 Å². The Morgan fingerprint density at radius 3 is 2.54 bits per heavy atom. The van der Waals surface area contributed by atoms with Crippen LogP contribution in [0.25, 0.3) is 21.3 Å². The van der Waals surface area contributed by atoms with E-state index in [2.05, 4.69) is 26.3 Å². The van der Waals surface area contributed by atoms with E-state index in [9.17, 15) is 4.79 Å². The van der Waals surface area contributed by atoms with E-state index in [0.29, 0.717) is 10.6 Å². The maximum atomic E-state index is 12.5. The maximum absolute atomic E-state index is 12.5. The molecule has 0 fully saturated rings. The van der Waals surface area contributed by atoms with Crippen LogP contribution >= 0.6 is 11.3 Å². The summed E-state index contributed by atoms with van der Waals surface area (Å²) in [5.41, 5.74) is 4.92. The zero-order chi connectivity index (χ0) is 16.7. The van der Waals surface area contributed by atoms with E-state index in [1.807, 2.05) is 44.2 Å². The summed E-state index contributed by atoms with van der Waals surface area (Å²) in [5.74, 6) is -0.303. The first-order chi connectivity index (χ1) is 11.6. The highest BCUT2D eigenvalue weighted by Gasteiger charge is 2.14. The van der Waals surface area contributed by atoms with Crippen LogP contribution in [0.2, 0.25) is 0 Å². The maximum Gasteiger partial charge on any atom is 0.277 e. The minimum atomic E-state index is -0.303. The molecule has 0 unspecified atom stereocenters. The Morgan fingerprint density at radius 1 is 1.00 bits per heavy atom. The second-order valence-electron chi connectivity index (χ2n) is 5.59. The molecule has 0 radical (unpaired) electrons. The molecule has 5 nitrogen and oxygen atoms in total. The Balaban J connectivity index is 1.68. The number of anilines is 1. The van der Waals surface area contributed by atoms with Crippen molar-refractivity contribution in [2.24, 2.45) is 0 Å². The van der Waals surface area contributed by atoms with E-state index in [-0.39, 0.29) is 11.6 Å². The molecule has 24 heavy (non-hydrogen) atoms. The van der Waals surface area contributed by atoms with Crippen LogP contribution in [0.5, 0.6) is 0 Å². The monoisotopic (exact) mass is 334 g/mol. The van der Waals surface area contributed by atoms with Gasteiger partial charge in [0.05, 0.1) is 27.4 Å². The van der Waals surface area contributed by atoms with Crippen LogP contribution in [-0.2, 0) is 0 Å². The van der Waals surface area contributed by atoms with Crippen LogP contribution in [0.4, 0.5) is 5.13 Å². The summed E-state index contributed by atoms with van der Waals surface area (Å²) in [6, 6.07) is 11.6. The molecule has 4 aromatic rings. The fraction of sp³-hybridized carbons (Fsp3) is 0.111. The van der Waals surface area contributed by atoms with Crippen LogP contribution in [0, 0.1) is 13.8 Å². The van der Waals surface area contributed by atoms with Gasteiger partial charge in [0.25, 0.3) is 5.91 Å². The third kappa shape index (κ3) is 2.51. The Bertz CT molecular complexity index is 1050. The molecule has 0 aliphatic heterocycles. The van der Waals surface area contributed by atoms with Crippen molar-refractivity contribution in [3.8, 4) is 0 Å². The SMILES string of the molecule is Cc1ccc(C)c2sc(NC(=O)c3cnc4ccccc4n3)nc12. The highest BCUT2D eigenvalue weighted by Crippen LogP contribution is 2.31. The molecule has 0 bridgehead atoms. The van der Waals surface area contributed by atoms with Gasteiger partial charge < -0.3 is 0 Å². The van der Waals surface area contributed by atoms with Gasteiger partial charge in [-0.15, -0.1) is 0 Å². The molecule has 2 aromatic heterocycles. The number of hydrogen-bond donors (Lipinski definition) is 1. The van der Waals surface area contributed by atoms with Gasteiger partial charge in [-0.1, -0.05) is 35.6 Å². The molecule has 0 aliphatic rings. The lowest BCUT2D eigenvalue weighted by Gasteiger charge is -2.02. The number of thiazole rings is 1. The average molecular weight is 334 g/mol. The van der Waals surface area contributed by atoms with Gasteiger partial charge in [-0.25, -0.2) is 9.97 Å². The number of nitrogens with zero attached hydrogens (tertiary/aromatic N) is 3. The second-order valence-corrected chi connectivity index (χ2v) is 6.59. The summed E-state index contributed by atoms with van der Waals surface area (Å²) in [6.07, 6.45) is 1.49. The van der Waals surface area contributed by atoms with Crippen LogP contribution in [-0.4, -0.2) is 20.9 Å². The van der Waals surface area contributed by atoms with Crippen LogP contribution in [0.3, 0.4) is 0 Å². The zero-order valence-electron chi connectivity index (χ0n) is 13.2. The molecule has 2 aromatic carbocycles. The molecule has 118 valence electrons. The van der Waals surface area contributed by atoms with E-state index in [1.165, 1.54) is 17.5 Å². The van der Waals surface area contributed by atoms with Crippen molar-refractivity contribution in [1.82, 2.24) is 15.0 Å². The topological polar surface area (TPSA) is 67.8 Å². The summed E-state index contributed by atoms with van der Waals surface area (Å²) in [6.45, 7) is 4.06. The summed E-state index contributed by atoms with van der Waals surface area (Å²) in [5, 5.41) is 3.40. The summed E-state index contributed by atoms with van der Waals surface area (Å²) in [4.78, 5) is 25.6. The molecular weight excluding hydrogens is 320 g/mol. The number of para-hydroxylation sites is 2. The fourth-order valence-electron chi connectivity index (χ4n) is 2.54. The van der Waals surface area contributed by atoms with E-state index in [4.69, 9.17) is 0 Å². The average Bonchev–Trinajstić information content (AvgIpc) is 3.03. The third-order valence-electron chi connectivity index (χ3n) is 3.84. The van der Waals surface area contributed by atoms with Gasteiger partial charge in [0.2, 0.25) is 0 Å². The van der Waals surface area contributed by atoms with Crippen molar-refractivity contribution in [2.45, 2.75) is 13.8 Å². The number of nitrogens with one attached hydrogen (secondary N) is 1. The number of aromatic nitrogens is 3. The first-order valence-corrected chi connectivity index (χ1v) is 8.33. The first-order valence-electron chi connectivity index (χ1n) is 7.52. The number of hydrogen-bond acceptors (Lipinski definition) is 5. The predicted octanol–water partition coefficient (Wildman–Crippen LogP) is 4.11. The summed E-state index contributed by atoms with van der Waals surface area (Å²) < 4.78 is 1.09. The van der Waals surface area contributed by atoms with Crippen LogP contribution in [0.1, 0.15) is 21.6 Å². The highest BCUT2D eigenvalue weighted by atomic mass is 32.1. The van der Waals surface area contributed by atoms with E-state index in [1.54, 1.807) is 0 Å². The molecule has 0 atom stereocenters. The zero-order valence-corrected chi connectivity index (χ0v) is 14.0. The molecule has 1 amide bonds. The highest BCUT2D eigenvalue weighted by molar-refractivity contribution is 7.22. The van der Waals surface area contributed by atoms with Gasteiger partial charge in [0, 0.05) is 0 Å². The van der Waals surface area contributed by atoms with Gasteiger partial charge >= 0.3 is 0 Å². The molecule has 0 saturated heterocycles. The van der Waals surface area contributed by atoms with Crippen molar-refractivity contribution >= 4 is 43.6 Å². The first kappa shape index (κ1) is 14.7. The van der Waals surface area contributed by atoms with Crippen molar-refractivity contribution in [3.63, 3.8) is 0 Å². The van der Waals surface area contributed by atoms with Crippen LogP contribution in [0.15, 0.2) is 42.6 Å². The number of fused-ring (bicyclic) bond motifs is 2. The number of rotatable bonds is 2. The largest absolute Gasteiger partial charge is 0.296 e. The molecule has 2 heterocycles. The molecule has 0 spiro atoms. The molecule has 0 saturated carbocycles. The van der Waals surface area contributed by atoms with E-state index < -0.39 is 0 Å². The predicted molar refractivity (Wildman–Crippen MR) is 96.6 cm³/mol. The summed E-state index contributed by atoms with van der Waals surface area (Å²) >= 11 is 1.47. The number of carbonyl (C=O) groups excluding carboxylic acids is 1. The Labute approximate surface area is 142 Å². The molecule has 4 rings (SSSR count). The van der Waals surface area contributed by atoms with Gasteiger partial charge in [-0.05, 0) is 37.1 Å². The molecule has 6 heteroatoms. The molecule has 1 N–H and O–H groups in total. The lowest BCUT2D eigenvalue weighted by molar-refractivity contribution is 0.102. The number of aryl methyl sites for hydroxylation is 2. The Morgan fingerprint density at radius 2 is 1.75 bits per heavy atom. The minimum Gasteiger partial charge on any atom is -0.296 e. The van der Waals surface area contributed by atoms with Gasteiger partial charge in [0.15, 0.2) is 5.13 Å². The third-order valence-corrected chi connectivity index (χ3v) is 4.95. The minimum absolute atomic E-state index is 0.279. The van der Waals surface area contributed by atoms with Crippen molar-refractivity contribution in [1.29, 1.82) is 0 Å².